The zero-order valence-electron chi connectivity index (χ0n) is 8.62. The van der Waals surface area contributed by atoms with Gasteiger partial charge in [-0.3, -0.25) is 0 Å². The second-order valence-electron chi connectivity index (χ2n) is 3.25. The number of hydrogen-bond acceptors (Lipinski definition) is 2. The first kappa shape index (κ1) is 14.8. The average Bonchev–Trinajstić information content (AvgIpc) is 2.24. The molecular formula is C10HF7N2. The largest absolute Gasteiger partial charge is 0.419 e. The van der Waals surface area contributed by atoms with Crippen LogP contribution in [0.1, 0.15) is 22.3 Å². The molecule has 0 spiro atoms. The van der Waals surface area contributed by atoms with Crippen LogP contribution < -0.4 is 0 Å². The van der Waals surface area contributed by atoms with Crippen molar-refractivity contribution in [2.75, 3.05) is 0 Å². The molecule has 0 amide bonds. The Hall–Kier alpha value is -2.29. The van der Waals surface area contributed by atoms with Crippen LogP contribution in [0.15, 0.2) is 6.07 Å². The van der Waals surface area contributed by atoms with Crippen molar-refractivity contribution < 1.29 is 30.7 Å². The predicted molar refractivity (Wildman–Crippen MR) is 45.8 cm³/mol. The molecule has 19 heavy (non-hydrogen) atoms. The summed E-state index contributed by atoms with van der Waals surface area (Å²) < 4.78 is 88.1. The lowest BCUT2D eigenvalue weighted by Gasteiger charge is -2.17. The first-order valence-electron chi connectivity index (χ1n) is 4.35. The normalized spacial score (nSPS) is 11.8. The maximum atomic E-state index is 13.4. The van der Waals surface area contributed by atoms with Crippen molar-refractivity contribution in [1.29, 1.82) is 10.5 Å². The fourth-order valence-electron chi connectivity index (χ4n) is 1.35. The molecule has 0 saturated heterocycles. The van der Waals surface area contributed by atoms with E-state index in [1.165, 1.54) is 0 Å². The second kappa shape index (κ2) is 4.43. The smallest absolute Gasteiger partial charge is 0.205 e. The third-order valence-electron chi connectivity index (χ3n) is 2.09. The number of alkyl halides is 6. The molecule has 0 aliphatic rings. The molecule has 0 bridgehead atoms. The van der Waals surface area contributed by atoms with E-state index in [0.717, 1.165) is 12.1 Å². The van der Waals surface area contributed by atoms with Crippen LogP contribution in [0.25, 0.3) is 0 Å². The molecule has 2 nitrogen and oxygen atoms in total. The SMILES string of the molecule is N#Cc1cc(C(F)(F)F)c(C(F)(F)F)c(F)c1C#N. The zero-order chi connectivity index (χ0) is 15.0. The van der Waals surface area contributed by atoms with Gasteiger partial charge in [-0.05, 0) is 6.07 Å². The number of nitriles is 2. The van der Waals surface area contributed by atoms with Gasteiger partial charge in [0, 0.05) is 0 Å². The van der Waals surface area contributed by atoms with Gasteiger partial charge in [-0.1, -0.05) is 0 Å². The monoisotopic (exact) mass is 282 g/mol. The van der Waals surface area contributed by atoms with Crippen LogP contribution in [0.4, 0.5) is 30.7 Å². The quantitative estimate of drug-likeness (QED) is 0.682. The van der Waals surface area contributed by atoms with Gasteiger partial charge < -0.3 is 0 Å². The fraction of sp³-hybridized carbons (Fsp3) is 0.200. The summed E-state index contributed by atoms with van der Waals surface area (Å²) in [6.45, 7) is 0. The van der Waals surface area contributed by atoms with Crippen LogP contribution in [0.5, 0.6) is 0 Å². The summed E-state index contributed by atoms with van der Waals surface area (Å²) >= 11 is 0. The van der Waals surface area contributed by atoms with Crippen molar-refractivity contribution in [2.24, 2.45) is 0 Å². The third-order valence-corrected chi connectivity index (χ3v) is 2.09. The number of nitrogens with zero attached hydrogens (tertiary/aromatic N) is 2. The van der Waals surface area contributed by atoms with Crippen LogP contribution in [-0.4, -0.2) is 0 Å². The van der Waals surface area contributed by atoms with Crippen LogP contribution in [0.3, 0.4) is 0 Å². The van der Waals surface area contributed by atoms with Gasteiger partial charge in [0.1, 0.15) is 23.3 Å². The molecule has 0 fully saturated rings. The molecule has 9 heteroatoms. The topological polar surface area (TPSA) is 47.6 Å². The second-order valence-corrected chi connectivity index (χ2v) is 3.25. The van der Waals surface area contributed by atoms with Gasteiger partial charge in [-0.2, -0.15) is 36.9 Å². The predicted octanol–water partition coefficient (Wildman–Crippen LogP) is 3.61. The molecule has 100 valence electrons. The van der Waals surface area contributed by atoms with E-state index in [-0.39, 0.29) is 6.07 Å². The minimum absolute atomic E-state index is 0.190. The Morgan fingerprint density at radius 3 is 1.74 bits per heavy atom. The van der Waals surface area contributed by atoms with Gasteiger partial charge in [0.2, 0.25) is 0 Å². The molecule has 1 aromatic carbocycles. The summed E-state index contributed by atoms with van der Waals surface area (Å²) in [5.74, 6) is -2.40. The highest BCUT2D eigenvalue weighted by molar-refractivity contribution is 5.53. The maximum absolute atomic E-state index is 13.4. The van der Waals surface area contributed by atoms with Crippen molar-refractivity contribution in [1.82, 2.24) is 0 Å². The minimum Gasteiger partial charge on any atom is -0.205 e. The molecule has 1 rings (SSSR count). The Kier molecular flexibility index (Phi) is 3.44. The minimum atomic E-state index is -5.64. The van der Waals surface area contributed by atoms with Gasteiger partial charge in [-0.15, -0.1) is 0 Å². The summed E-state index contributed by atoms with van der Waals surface area (Å²) in [6.07, 6.45) is -11.2. The summed E-state index contributed by atoms with van der Waals surface area (Å²) in [5, 5.41) is 16.9. The van der Waals surface area contributed by atoms with Gasteiger partial charge in [-0.25, -0.2) is 4.39 Å². The lowest BCUT2D eigenvalue weighted by Crippen LogP contribution is -2.20. The molecule has 0 unspecified atom stereocenters. The Morgan fingerprint density at radius 2 is 1.42 bits per heavy atom. The van der Waals surface area contributed by atoms with Crippen molar-refractivity contribution in [3.8, 4) is 12.1 Å². The van der Waals surface area contributed by atoms with E-state index in [4.69, 9.17) is 10.5 Å². The highest BCUT2D eigenvalue weighted by atomic mass is 19.4. The van der Waals surface area contributed by atoms with Crippen LogP contribution in [0, 0.1) is 28.5 Å². The zero-order valence-corrected chi connectivity index (χ0v) is 8.62. The number of halogens is 7. The van der Waals surface area contributed by atoms with Crippen molar-refractivity contribution in [3.63, 3.8) is 0 Å². The molecule has 0 aliphatic carbocycles. The van der Waals surface area contributed by atoms with E-state index in [1.54, 1.807) is 0 Å². The van der Waals surface area contributed by atoms with E-state index in [0.29, 0.717) is 0 Å². The Bertz CT molecular complexity index is 599. The van der Waals surface area contributed by atoms with E-state index in [9.17, 15) is 30.7 Å². The molecule has 0 radical (unpaired) electrons. The van der Waals surface area contributed by atoms with Gasteiger partial charge >= 0.3 is 12.4 Å². The molecule has 0 heterocycles. The van der Waals surface area contributed by atoms with Crippen molar-refractivity contribution >= 4 is 0 Å². The third kappa shape index (κ3) is 2.60. The van der Waals surface area contributed by atoms with Crippen LogP contribution in [-0.2, 0) is 12.4 Å². The molecule has 0 N–H and O–H groups in total. The van der Waals surface area contributed by atoms with Crippen molar-refractivity contribution in [3.05, 3.63) is 34.1 Å². The average molecular weight is 282 g/mol. The lowest BCUT2D eigenvalue weighted by molar-refractivity contribution is -0.163. The lowest BCUT2D eigenvalue weighted by atomic mass is 9.97. The molecule has 0 atom stereocenters. The van der Waals surface area contributed by atoms with Crippen molar-refractivity contribution in [2.45, 2.75) is 12.4 Å². The van der Waals surface area contributed by atoms with E-state index in [2.05, 4.69) is 0 Å². The molecular weight excluding hydrogens is 281 g/mol. The van der Waals surface area contributed by atoms with E-state index in [1.807, 2.05) is 0 Å². The van der Waals surface area contributed by atoms with Gasteiger partial charge in [0.05, 0.1) is 11.1 Å². The number of benzene rings is 1. The molecule has 0 aromatic heterocycles. The number of hydrogen-bond donors (Lipinski definition) is 0. The van der Waals surface area contributed by atoms with Gasteiger partial charge in [0.25, 0.3) is 0 Å². The molecule has 0 saturated carbocycles. The van der Waals surface area contributed by atoms with E-state index < -0.39 is 40.4 Å². The Balaban J connectivity index is 3.90. The maximum Gasteiger partial charge on any atom is 0.419 e. The Labute approximate surface area is 101 Å². The standard InChI is InChI=1S/C10HF7N2/c11-8-5(3-19)4(2-18)1-6(9(12,13)14)7(8)10(15,16)17/h1H. The highest BCUT2D eigenvalue weighted by Gasteiger charge is 2.47. The fourth-order valence-corrected chi connectivity index (χ4v) is 1.35. The first-order chi connectivity index (χ1) is 8.54. The molecule has 0 aliphatic heterocycles. The van der Waals surface area contributed by atoms with E-state index >= 15 is 0 Å². The molecule has 1 aromatic rings. The summed E-state index contributed by atoms with van der Waals surface area (Å²) in [7, 11) is 0. The summed E-state index contributed by atoms with van der Waals surface area (Å²) in [4.78, 5) is 0. The number of rotatable bonds is 0. The van der Waals surface area contributed by atoms with Gasteiger partial charge in [0.15, 0.2) is 5.82 Å². The highest BCUT2D eigenvalue weighted by Crippen LogP contribution is 2.43. The first-order valence-corrected chi connectivity index (χ1v) is 4.35. The Morgan fingerprint density at radius 1 is 0.895 bits per heavy atom. The summed E-state index contributed by atoms with van der Waals surface area (Å²) in [5.41, 5.74) is -7.42. The van der Waals surface area contributed by atoms with Crippen LogP contribution in [0.2, 0.25) is 0 Å². The summed E-state index contributed by atoms with van der Waals surface area (Å²) in [6, 6.07) is 1.80. The van der Waals surface area contributed by atoms with Crippen LogP contribution >= 0.6 is 0 Å².